The Morgan fingerprint density at radius 3 is 2.13 bits per heavy atom. The molecular formula is C16H21NO6. The molecule has 7 nitrogen and oxygen atoms in total. The number of carbonyl (C=O) groups is 4. The van der Waals surface area contributed by atoms with Gasteiger partial charge in [0.05, 0.1) is 24.2 Å². The molecule has 1 aromatic rings. The van der Waals surface area contributed by atoms with Crippen molar-refractivity contribution in [3.05, 3.63) is 22.5 Å². The maximum atomic E-state index is 12.3. The summed E-state index contributed by atoms with van der Waals surface area (Å²) in [5.41, 5.74) is 1.36. The molecule has 0 aromatic carbocycles. The van der Waals surface area contributed by atoms with E-state index in [4.69, 9.17) is 9.47 Å². The molecule has 0 bridgehead atoms. The van der Waals surface area contributed by atoms with E-state index in [1.54, 1.807) is 20.8 Å². The Hall–Kier alpha value is -2.44. The van der Waals surface area contributed by atoms with E-state index in [2.05, 4.69) is 4.98 Å². The van der Waals surface area contributed by atoms with Crippen LogP contribution in [-0.4, -0.2) is 41.7 Å². The normalized spacial score (nSPS) is 10.3. The molecule has 7 heteroatoms. The lowest BCUT2D eigenvalue weighted by molar-refractivity contribution is -0.143. The summed E-state index contributed by atoms with van der Waals surface area (Å²) in [6, 6.07) is 0. The molecule has 0 spiro atoms. The topological polar surface area (TPSA) is 103 Å². The zero-order valence-electron chi connectivity index (χ0n) is 13.8. The summed E-state index contributed by atoms with van der Waals surface area (Å²) < 4.78 is 9.81. The van der Waals surface area contributed by atoms with Crippen molar-refractivity contribution in [2.45, 2.75) is 40.5 Å². The van der Waals surface area contributed by atoms with Crippen molar-refractivity contribution < 1.29 is 28.7 Å². The maximum absolute atomic E-state index is 12.3. The van der Waals surface area contributed by atoms with Crippen molar-refractivity contribution >= 4 is 23.5 Å². The van der Waals surface area contributed by atoms with Crippen LogP contribution >= 0.6 is 0 Å². The second kappa shape index (κ2) is 8.26. The van der Waals surface area contributed by atoms with Gasteiger partial charge in [0, 0.05) is 17.8 Å². The summed E-state index contributed by atoms with van der Waals surface area (Å²) in [4.78, 5) is 49.5. The molecule has 0 fully saturated rings. The fourth-order valence-electron chi connectivity index (χ4n) is 2.16. The van der Waals surface area contributed by atoms with Crippen molar-refractivity contribution in [1.82, 2.24) is 4.98 Å². The highest BCUT2D eigenvalue weighted by Crippen LogP contribution is 2.20. The molecule has 0 saturated heterocycles. The highest BCUT2D eigenvalue weighted by Gasteiger charge is 2.25. The number of carbonyl (C=O) groups excluding carboxylic acids is 4. The Morgan fingerprint density at radius 2 is 1.57 bits per heavy atom. The minimum absolute atomic E-state index is 0.0709. The second-order valence-electron chi connectivity index (χ2n) is 5.13. The van der Waals surface area contributed by atoms with Crippen LogP contribution in [0.25, 0.3) is 0 Å². The van der Waals surface area contributed by atoms with Crippen molar-refractivity contribution in [3.8, 4) is 0 Å². The monoisotopic (exact) mass is 323 g/mol. The van der Waals surface area contributed by atoms with Crippen LogP contribution in [0.3, 0.4) is 0 Å². The van der Waals surface area contributed by atoms with Gasteiger partial charge >= 0.3 is 11.9 Å². The van der Waals surface area contributed by atoms with E-state index in [1.807, 2.05) is 0 Å². The van der Waals surface area contributed by atoms with Gasteiger partial charge in [0.15, 0.2) is 6.61 Å². The molecule has 126 valence electrons. The first-order valence-electron chi connectivity index (χ1n) is 7.32. The fraction of sp³-hybridized carbons (Fsp3) is 0.500. The van der Waals surface area contributed by atoms with Gasteiger partial charge in [-0.25, -0.2) is 4.79 Å². The Labute approximate surface area is 134 Å². The van der Waals surface area contributed by atoms with Crippen LogP contribution in [0.5, 0.6) is 0 Å². The third-order valence-electron chi connectivity index (χ3n) is 3.18. The molecular weight excluding hydrogens is 302 g/mol. The number of H-pyrrole nitrogens is 1. The van der Waals surface area contributed by atoms with Crippen LogP contribution in [0.4, 0.5) is 0 Å². The van der Waals surface area contributed by atoms with Crippen LogP contribution in [0.2, 0.25) is 0 Å². The quantitative estimate of drug-likeness (QED) is 0.579. The van der Waals surface area contributed by atoms with Gasteiger partial charge in [-0.3, -0.25) is 9.59 Å². The lowest BCUT2D eigenvalue weighted by atomic mass is 10.1. The Morgan fingerprint density at radius 1 is 0.957 bits per heavy atom. The second-order valence-corrected chi connectivity index (χ2v) is 5.13. The van der Waals surface area contributed by atoms with Crippen molar-refractivity contribution in [1.29, 1.82) is 0 Å². The number of aryl methyl sites for hydroxylation is 2. The summed E-state index contributed by atoms with van der Waals surface area (Å²) in [6.07, 6.45) is 0.00187. The van der Waals surface area contributed by atoms with E-state index in [1.165, 1.54) is 6.92 Å². The molecule has 0 aliphatic rings. The van der Waals surface area contributed by atoms with E-state index < -0.39 is 24.3 Å². The van der Waals surface area contributed by atoms with Crippen molar-refractivity contribution in [2.24, 2.45) is 0 Å². The van der Waals surface area contributed by atoms with Crippen molar-refractivity contribution in [3.63, 3.8) is 0 Å². The highest BCUT2D eigenvalue weighted by atomic mass is 16.5. The standard InChI is InChI=1S/C16H21NO6/c1-5-22-16(21)15-11(4)17-10(3)14(15)12(19)8-23-13(20)7-6-9(2)18/h17H,5-8H2,1-4H3. The zero-order valence-corrected chi connectivity index (χ0v) is 13.8. The molecule has 1 rings (SSSR count). The molecule has 23 heavy (non-hydrogen) atoms. The average molecular weight is 323 g/mol. The Balaban J connectivity index is 2.82. The molecule has 0 saturated carbocycles. The summed E-state index contributed by atoms with van der Waals surface area (Å²) in [5.74, 6) is -1.85. The van der Waals surface area contributed by atoms with E-state index in [9.17, 15) is 19.2 Å². The van der Waals surface area contributed by atoms with Crippen LogP contribution in [0.1, 0.15) is 58.8 Å². The Kier molecular flexibility index (Phi) is 6.68. The van der Waals surface area contributed by atoms with Gasteiger partial charge in [0.1, 0.15) is 5.78 Å². The molecule has 0 atom stereocenters. The predicted molar refractivity (Wildman–Crippen MR) is 81.4 cm³/mol. The van der Waals surface area contributed by atoms with E-state index >= 15 is 0 Å². The van der Waals surface area contributed by atoms with Gasteiger partial charge < -0.3 is 19.3 Å². The number of esters is 2. The largest absolute Gasteiger partial charge is 0.462 e. The molecule has 1 N–H and O–H groups in total. The minimum Gasteiger partial charge on any atom is -0.462 e. The number of ether oxygens (including phenoxy) is 2. The fourth-order valence-corrected chi connectivity index (χ4v) is 2.16. The molecule has 0 unspecified atom stereocenters. The van der Waals surface area contributed by atoms with Gasteiger partial charge in [-0.05, 0) is 27.7 Å². The molecule has 1 heterocycles. The van der Waals surface area contributed by atoms with Crippen LogP contribution in [0, 0.1) is 13.8 Å². The maximum Gasteiger partial charge on any atom is 0.340 e. The number of Topliss-reactive ketones (excluding diaryl/α,β-unsaturated/α-hetero) is 2. The number of ketones is 2. The molecule has 1 aromatic heterocycles. The summed E-state index contributed by atoms with van der Waals surface area (Å²) >= 11 is 0. The minimum atomic E-state index is -0.629. The van der Waals surface area contributed by atoms with Crippen LogP contribution < -0.4 is 0 Å². The summed E-state index contributed by atoms with van der Waals surface area (Å²) in [5, 5.41) is 0. The number of hydrogen-bond acceptors (Lipinski definition) is 6. The first kappa shape index (κ1) is 18.6. The molecule has 0 aliphatic heterocycles. The van der Waals surface area contributed by atoms with E-state index in [-0.39, 0.29) is 36.4 Å². The van der Waals surface area contributed by atoms with Gasteiger partial charge in [-0.15, -0.1) is 0 Å². The number of hydrogen-bond donors (Lipinski definition) is 1. The third kappa shape index (κ3) is 5.05. The Bertz CT molecular complexity index is 629. The average Bonchev–Trinajstić information content (AvgIpc) is 2.77. The summed E-state index contributed by atoms with van der Waals surface area (Å²) in [6.45, 7) is 6.06. The smallest absolute Gasteiger partial charge is 0.340 e. The number of aromatic nitrogens is 1. The highest BCUT2D eigenvalue weighted by molar-refractivity contribution is 6.09. The first-order chi connectivity index (χ1) is 10.8. The molecule has 0 radical (unpaired) electrons. The van der Waals surface area contributed by atoms with Gasteiger partial charge in [0.25, 0.3) is 0 Å². The summed E-state index contributed by atoms with van der Waals surface area (Å²) in [7, 11) is 0. The van der Waals surface area contributed by atoms with Crippen molar-refractivity contribution in [2.75, 3.05) is 13.2 Å². The van der Waals surface area contributed by atoms with E-state index in [0.29, 0.717) is 11.4 Å². The lowest BCUT2D eigenvalue weighted by Gasteiger charge is -2.07. The predicted octanol–water partition coefficient (Wildman–Crippen LogP) is 1.90. The van der Waals surface area contributed by atoms with Gasteiger partial charge in [-0.1, -0.05) is 0 Å². The van der Waals surface area contributed by atoms with E-state index in [0.717, 1.165) is 0 Å². The van der Waals surface area contributed by atoms with Gasteiger partial charge in [0.2, 0.25) is 5.78 Å². The van der Waals surface area contributed by atoms with Gasteiger partial charge in [-0.2, -0.15) is 0 Å². The third-order valence-corrected chi connectivity index (χ3v) is 3.18. The number of rotatable bonds is 8. The number of aromatic amines is 1. The SMILES string of the molecule is CCOC(=O)c1c(C)[nH]c(C)c1C(=O)COC(=O)CCC(C)=O. The first-order valence-corrected chi connectivity index (χ1v) is 7.32. The van der Waals surface area contributed by atoms with Crippen LogP contribution in [-0.2, 0) is 19.1 Å². The lowest BCUT2D eigenvalue weighted by Crippen LogP contribution is -2.18. The zero-order chi connectivity index (χ0) is 17.6. The van der Waals surface area contributed by atoms with Crippen LogP contribution in [0.15, 0.2) is 0 Å². The number of nitrogens with one attached hydrogen (secondary N) is 1. The molecule has 0 aliphatic carbocycles. The molecule has 0 amide bonds.